The van der Waals surface area contributed by atoms with E-state index in [-0.39, 0.29) is 17.1 Å². The lowest BCUT2D eigenvalue weighted by molar-refractivity contribution is 0.564. The molecule has 1 aromatic carbocycles. The molecule has 4 N–H and O–H groups in total. The Labute approximate surface area is 106 Å². The van der Waals surface area contributed by atoms with Crippen LogP contribution in [0.4, 0.5) is 10.1 Å². The molecule has 0 heterocycles. The van der Waals surface area contributed by atoms with Crippen LogP contribution >= 0.6 is 0 Å². The predicted octanol–water partition coefficient (Wildman–Crippen LogP) is 1.65. The number of nitrogens with one attached hydrogen (secondary N) is 2. The van der Waals surface area contributed by atoms with E-state index in [1.165, 1.54) is 32.9 Å². The molecule has 0 spiro atoms. The number of nitrogens with two attached hydrogens (primary N) is 1. The first kappa shape index (κ1) is 14.4. The van der Waals surface area contributed by atoms with Gasteiger partial charge in [0.25, 0.3) is 0 Å². The van der Waals surface area contributed by atoms with Gasteiger partial charge in [0.2, 0.25) is 10.0 Å². The van der Waals surface area contributed by atoms with E-state index in [0.717, 1.165) is 6.07 Å². The maximum atomic E-state index is 13.6. The zero-order chi connectivity index (χ0) is 14.1. The summed E-state index contributed by atoms with van der Waals surface area (Å²) in [4.78, 5) is 0. The van der Waals surface area contributed by atoms with Crippen LogP contribution in [0.25, 0.3) is 0 Å². The van der Waals surface area contributed by atoms with Crippen molar-refractivity contribution in [3.05, 3.63) is 29.6 Å². The van der Waals surface area contributed by atoms with E-state index in [4.69, 9.17) is 11.1 Å². The van der Waals surface area contributed by atoms with Gasteiger partial charge in [-0.1, -0.05) is 0 Å². The predicted molar refractivity (Wildman–Crippen MR) is 69.7 cm³/mol. The first-order valence-electron chi connectivity index (χ1n) is 5.21. The number of anilines is 1. The van der Waals surface area contributed by atoms with E-state index < -0.39 is 20.6 Å². The van der Waals surface area contributed by atoms with E-state index in [1.807, 2.05) is 0 Å². The highest BCUT2D eigenvalue weighted by Crippen LogP contribution is 2.22. The van der Waals surface area contributed by atoms with E-state index in [2.05, 4.69) is 4.72 Å². The summed E-state index contributed by atoms with van der Waals surface area (Å²) in [7, 11) is -3.68. The summed E-state index contributed by atoms with van der Waals surface area (Å²) < 4.78 is 38.5. The van der Waals surface area contributed by atoms with Crippen LogP contribution in [0.2, 0.25) is 0 Å². The minimum Gasteiger partial charge on any atom is -0.384 e. The molecule has 0 aliphatic rings. The molecule has 0 fully saturated rings. The third-order valence-corrected chi connectivity index (χ3v) is 4.43. The molecule has 0 aliphatic carbocycles. The fourth-order valence-electron chi connectivity index (χ4n) is 1.06. The Morgan fingerprint density at radius 2 is 1.94 bits per heavy atom. The summed E-state index contributed by atoms with van der Waals surface area (Å²) in [6.07, 6.45) is 0. The first-order valence-corrected chi connectivity index (χ1v) is 6.69. The maximum Gasteiger partial charge on any atom is 0.237 e. The first-order chi connectivity index (χ1) is 8.04. The largest absolute Gasteiger partial charge is 0.384 e. The molecular weight excluding hydrogens is 257 g/mol. The van der Waals surface area contributed by atoms with Crippen molar-refractivity contribution in [3.8, 4) is 0 Å². The van der Waals surface area contributed by atoms with Crippen LogP contribution in [0, 0.1) is 11.2 Å². The lowest BCUT2D eigenvalue weighted by atomic mass is 10.2. The smallest absolute Gasteiger partial charge is 0.237 e. The van der Waals surface area contributed by atoms with Crippen molar-refractivity contribution in [3.63, 3.8) is 0 Å². The molecular formula is C11H16FN3O2S. The molecule has 1 rings (SSSR count). The van der Waals surface area contributed by atoms with Crippen LogP contribution in [0.5, 0.6) is 0 Å². The summed E-state index contributed by atoms with van der Waals surface area (Å²) in [5.41, 5.74) is 5.25. The Morgan fingerprint density at radius 3 is 2.33 bits per heavy atom. The Kier molecular flexibility index (Phi) is 3.66. The molecule has 7 heteroatoms. The Morgan fingerprint density at radius 1 is 1.39 bits per heavy atom. The maximum absolute atomic E-state index is 13.6. The lowest BCUT2D eigenvalue weighted by Gasteiger charge is -2.20. The Hall–Kier alpha value is -1.63. The minimum atomic E-state index is -3.68. The summed E-state index contributed by atoms with van der Waals surface area (Å²) >= 11 is 0. The second-order valence-corrected chi connectivity index (χ2v) is 7.26. The van der Waals surface area contributed by atoms with Gasteiger partial charge in [-0.3, -0.25) is 10.1 Å². The minimum absolute atomic E-state index is 0.157. The zero-order valence-electron chi connectivity index (χ0n) is 10.4. The number of nitrogen functional groups attached to an aromatic ring is 1. The van der Waals surface area contributed by atoms with Crippen LogP contribution in [0.1, 0.15) is 26.3 Å². The van der Waals surface area contributed by atoms with Crippen molar-refractivity contribution in [2.45, 2.75) is 25.5 Å². The van der Waals surface area contributed by atoms with Crippen LogP contribution in [-0.4, -0.2) is 19.0 Å². The van der Waals surface area contributed by atoms with Crippen molar-refractivity contribution in [1.29, 1.82) is 5.41 Å². The van der Waals surface area contributed by atoms with Gasteiger partial charge in [-0.25, -0.2) is 12.8 Å². The van der Waals surface area contributed by atoms with Gasteiger partial charge in [0.1, 0.15) is 11.7 Å². The molecule has 0 aliphatic heterocycles. The van der Waals surface area contributed by atoms with E-state index in [0.29, 0.717) is 0 Å². The third kappa shape index (κ3) is 2.98. The molecule has 18 heavy (non-hydrogen) atoms. The molecule has 100 valence electrons. The SMILES string of the molecule is CC(C)(C)S(=O)(=O)Nc1ccc(C(=N)N)cc1F. The molecule has 0 radical (unpaired) electrons. The average molecular weight is 273 g/mol. The van der Waals surface area contributed by atoms with Gasteiger partial charge in [-0.15, -0.1) is 0 Å². The quantitative estimate of drug-likeness (QED) is 0.577. The third-order valence-electron chi connectivity index (χ3n) is 2.33. The lowest BCUT2D eigenvalue weighted by Crippen LogP contribution is -2.34. The van der Waals surface area contributed by atoms with Gasteiger partial charge in [0.05, 0.1) is 10.4 Å². The number of amidine groups is 1. The van der Waals surface area contributed by atoms with Crippen molar-refractivity contribution >= 4 is 21.5 Å². The molecule has 0 aromatic heterocycles. The monoisotopic (exact) mass is 273 g/mol. The fraction of sp³-hybridized carbons (Fsp3) is 0.364. The van der Waals surface area contributed by atoms with Crippen molar-refractivity contribution in [1.82, 2.24) is 0 Å². The Bertz CT molecular complexity index is 576. The fourth-order valence-corrected chi connectivity index (χ4v) is 1.82. The van der Waals surface area contributed by atoms with Crippen molar-refractivity contribution in [2.75, 3.05) is 4.72 Å². The number of sulfonamides is 1. The van der Waals surface area contributed by atoms with E-state index in [1.54, 1.807) is 0 Å². The normalized spacial score (nSPS) is 12.2. The van der Waals surface area contributed by atoms with E-state index >= 15 is 0 Å². The summed E-state index contributed by atoms with van der Waals surface area (Å²) in [6.45, 7) is 4.53. The number of halogens is 1. The van der Waals surface area contributed by atoms with Gasteiger partial charge in [-0.05, 0) is 39.0 Å². The summed E-state index contributed by atoms with van der Waals surface area (Å²) in [5.74, 6) is -1.05. The highest BCUT2D eigenvalue weighted by molar-refractivity contribution is 7.94. The van der Waals surface area contributed by atoms with Crippen LogP contribution in [-0.2, 0) is 10.0 Å². The second kappa shape index (κ2) is 4.56. The molecule has 0 amide bonds. The number of hydrogen-bond donors (Lipinski definition) is 3. The molecule has 5 nitrogen and oxygen atoms in total. The summed E-state index contributed by atoms with van der Waals surface area (Å²) in [5, 5.41) is 7.15. The zero-order valence-corrected chi connectivity index (χ0v) is 11.2. The van der Waals surface area contributed by atoms with Crippen LogP contribution in [0.3, 0.4) is 0 Å². The highest BCUT2D eigenvalue weighted by atomic mass is 32.2. The molecule has 0 saturated heterocycles. The number of benzene rings is 1. The van der Waals surface area contributed by atoms with Crippen LogP contribution < -0.4 is 10.5 Å². The topological polar surface area (TPSA) is 96.0 Å². The van der Waals surface area contributed by atoms with Crippen molar-refractivity contribution < 1.29 is 12.8 Å². The molecule has 0 unspecified atom stereocenters. The molecule has 0 atom stereocenters. The van der Waals surface area contributed by atoms with Gasteiger partial charge in [0, 0.05) is 5.56 Å². The molecule has 0 saturated carbocycles. The van der Waals surface area contributed by atoms with Crippen LogP contribution in [0.15, 0.2) is 18.2 Å². The Balaban J connectivity index is 3.11. The molecule has 1 aromatic rings. The highest BCUT2D eigenvalue weighted by Gasteiger charge is 2.29. The van der Waals surface area contributed by atoms with Gasteiger partial charge in [-0.2, -0.15) is 0 Å². The number of hydrogen-bond acceptors (Lipinski definition) is 3. The average Bonchev–Trinajstić information content (AvgIpc) is 2.18. The van der Waals surface area contributed by atoms with Gasteiger partial charge in [0.15, 0.2) is 0 Å². The summed E-state index contributed by atoms with van der Waals surface area (Å²) in [6, 6.07) is 3.64. The number of rotatable bonds is 3. The molecule has 0 bridgehead atoms. The van der Waals surface area contributed by atoms with E-state index in [9.17, 15) is 12.8 Å². The van der Waals surface area contributed by atoms with Crippen molar-refractivity contribution in [2.24, 2.45) is 5.73 Å². The standard InChI is InChI=1S/C11H16FN3O2S/c1-11(2,3)18(16,17)15-9-5-4-7(10(13)14)6-8(9)12/h4-6,15H,1-3H3,(H3,13,14). The second-order valence-electron chi connectivity index (χ2n) is 4.83. The van der Waals surface area contributed by atoms with Gasteiger partial charge >= 0.3 is 0 Å². The van der Waals surface area contributed by atoms with Gasteiger partial charge < -0.3 is 5.73 Å².